The van der Waals surface area contributed by atoms with Crippen LogP contribution in [0.3, 0.4) is 0 Å². The van der Waals surface area contributed by atoms with Crippen LogP contribution in [-0.2, 0) is 4.25 Å². The molecular formula is C25H27Cl3GeO6. The first-order valence-corrected chi connectivity index (χ1v) is 19.8. The van der Waals surface area contributed by atoms with Gasteiger partial charge in [0.05, 0.1) is 0 Å². The van der Waals surface area contributed by atoms with E-state index in [2.05, 4.69) is 0 Å². The van der Waals surface area contributed by atoms with Crippen LogP contribution in [0, 0.1) is 0 Å². The number of hydrogen-bond donors (Lipinski definition) is 0. The first-order chi connectivity index (χ1) is 16.7. The van der Waals surface area contributed by atoms with Gasteiger partial charge in [-0.3, -0.25) is 0 Å². The van der Waals surface area contributed by atoms with E-state index in [-0.39, 0.29) is 0 Å². The van der Waals surface area contributed by atoms with E-state index < -0.39 is 14.7 Å². The van der Waals surface area contributed by atoms with E-state index in [9.17, 15) is 0 Å². The molecule has 0 amide bonds. The quantitative estimate of drug-likeness (QED) is 0.202. The number of methoxy groups -OCH3 is 6. The van der Waals surface area contributed by atoms with Crippen LogP contribution in [0.1, 0.15) is 16.7 Å². The maximum absolute atomic E-state index is 7.16. The van der Waals surface area contributed by atoms with E-state index in [1.165, 1.54) is 0 Å². The first kappa shape index (κ1) is 27.5. The van der Waals surface area contributed by atoms with Crippen molar-refractivity contribution in [3.8, 4) is 34.5 Å². The molecule has 0 N–H and O–H groups in total. The van der Waals surface area contributed by atoms with Crippen LogP contribution >= 0.6 is 30.0 Å². The van der Waals surface area contributed by atoms with Crippen molar-refractivity contribution in [3.63, 3.8) is 0 Å². The number of benzene rings is 3. The van der Waals surface area contributed by atoms with Crippen molar-refractivity contribution in [2.75, 3.05) is 42.7 Å². The molecule has 0 fully saturated rings. The van der Waals surface area contributed by atoms with Crippen molar-refractivity contribution in [3.05, 3.63) is 71.3 Å². The molecule has 10 heteroatoms. The van der Waals surface area contributed by atoms with Crippen LogP contribution < -0.4 is 28.4 Å². The third-order valence-corrected chi connectivity index (χ3v) is 13.8. The second-order valence-corrected chi connectivity index (χ2v) is 23.0. The van der Waals surface area contributed by atoms with E-state index in [1.807, 2.05) is 18.2 Å². The molecule has 0 spiro atoms. The van der Waals surface area contributed by atoms with Gasteiger partial charge in [0.15, 0.2) is 0 Å². The molecule has 3 rings (SSSR count). The molecule has 0 aliphatic carbocycles. The molecule has 0 bridgehead atoms. The average molecular weight is 602 g/mol. The molecule has 188 valence electrons. The molecule has 0 heterocycles. The molecule has 0 saturated carbocycles. The zero-order valence-electron chi connectivity index (χ0n) is 20.3. The van der Waals surface area contributed by atoms with Gasteiger partial charge in [-0.25, -0.2) is 0 Å². The fourth-order valence-electron chi connectivity index (χ4n) is 4.21. The molecular weight excluding hydrogens is 575 g/mol. The fourth-order valence-corrected chi connectivity index (χ4v) is 12.1. The molecule has 6 nitrogen and oxygen atoms in total. The Labute approximate surface area is 220 Å². The van der Waals surface area contributed by atoms with E-state index in [0.717, 1.165) is 0 Å². The summed E-state index contributed by atoms with van der Waals surface area (Å²) in [7, 11) is 26.3. The normalized spacial score (nSPS) is 11.6. The topological polar surface area (TPSA) is 55.4 Å². The van der Waals surface area contributed by atoms with Gasteiger partial charge < -0.3 is 0 Å². The van der Waals surface area contributed by atoms with Gasteiger partial charge in [0.25, 0.3) is 0 Å². The molecule has 3 aromatic rings. The summed E-state index contributed by atoms with van der Waals surface area (Å²) in [6.45, 7) is 0. The van der Waals surface area contributed by atoms with Gasteiger partial charge in [-0.15, -0.1) is 0 Å². The van der Waals surface area contributed by atoms with Gasteiger partial charge in [-0.2, -0.15) is 0 Å². The van der Waals surface area contributed by atoms with E-state index in [1.54, 1.807) is 79.1 Å². The number of ether oxygens (including phenoxy) is 6. The predicted molar refractivity (Wildman–Crippen MR) is 142 cm³/mol. The van der Waals surface area contributed by atoms with Crippen LogP contribution in [0.15, 0.2) is 54.6 Å². The van der Waals surface area contributed by atoms with Crippen LogP contribution in [0.5, 0.6) is 34.5 Å². The summed E-state index contributed by atoms with van der Waals surface area (Å²) >= 11 is 0. The monoisotopic (exact) mass is 602 g/mol. The molecule has 0 unspecified atom stereocenters. The molecule has 0 aromatic heterocycles. The SMILES string of the molecule is COc1ccc(OC)c([C](c2cc(OC)ccc2OC)(c2cc(OC)ccc2OC)[Ge]([Cl])([Cl])[Cl])c1. The molecule has 0 atom stereocenters. The van der Waals surface area contributed by atoms with E-state index >= 15 is 0 Å². The number of rotatable bonds is 10. The number of hydrogen-bond acceptors (Lipinski definition) is 6. The Hall–Kier alpha value is -2.13. The zero-order chi connectivity index (χ0) is 25.8. The van der Waals surface area contributed by atoms with Crippen molar-refractivity contribution < 1.29 is 28.4 Å². The molecule has 0 aliphatic rings. The molecule has 0 radical (unpaired) electrons. The Morgan fingerprint density at radius 2 is 0.771 bits per heavy atom. The summed E-state index contributed by atoms with van der Waals surface area (Å²) in [5.74, 6) is 3.18. The van der Waals surface area contributed by atoms with Crippen LogP contribution in [0.4, 0.5) is 0 Å². The predicted octanol–water partition coefficient (Wildman–Crippen LogP) is 6.27. The second-order valence-electron chi connectivity index (χ2n) is 7.45. The van der Waals surface area contributed by atoms with Gasteiger partial charge in [-0.05, 0) is 0 Å². The Morgan fingerprint density at radius 1 is 0.486 bits per heavy atom. The zero-order valence-corrected chi connectivity index (χ0v) is 24.6. The third-order valence-electron chi connectivity index (χ3n) is 5.86. The Bertz CT molecular complexity index is 1050. The minimum absolute atomic E-state index is 0.498. The summed E-state index contributed by atoms with van der Waals surface area (Å²) in [4.78, 5) is 0. The van der Waals surface area contributed by atoms with Crippen molar-refractivity contribution in [2.24, 2.45) is 0 Å². The van der Waals surface area contributed by atoms with Gasteiger partial charge in [0.2, 0.25) is 0 Å². The Morgan fingerprint density at radius 3 is 0.971 bits per heavy atom. The summed E-state index contributed by atoms with van der Waals surface area (Å²) in [6.07, 6.45) is 0. The summed E-state index contributed by atoms with van der Waals surface area (Å²) < 4.78 is 32.7. The van der Waals surface area contributed by atoms with Gasteiger partial charge in [0.1, 0.15) is 0 Å². The van der Waals surface area contributed by atoms with Gasteiger partial charge in [-0.1, -0.05) is 0 Å². The summed E-state index contributed by atoms with van der Waals surface area (Å²) in [5.41, 5.74) is 1.74. The second kappa shape index (κ2) is 11.3. The van der Waals surface area contributed by atoms with E-state index in [4.69, 9.17) is 58.5 Å². The summed E-state index contributed by atoms with van der Waals surface area (Å²) in [6, 6.07) is 16.1. The van der Waals surface area contributed by atoms with E-state index in [0.29, 0.717) is 51.2 Å². The number of halogens is 3. The maximum atomic E-state index is 7.16. The average Bonchev–Trinajstić information content (AvgIpc) is 2.87. The summed E-state index contributed by atoms with van der Waals surface area (Å²) in [5, 5.41) is 0. The molecule has 0 saturated heterocycles. The fraction of sp³-hybridized carbons (Fsp3) is 0.280. The van der Waals surface area contributed by atoms with Crippen molar-refractivity contribution in [1.29, 1.82) is 0 Å². The van der Waals surface area contributed by atoms with Crippen molar-refractivity contribution in [1.82, 2.24) is 0 Å². The van der Waals surface area contributed by atoms with Crippen molar-refractivity contribution in [2.45, 2.75) is 4.25 Å². The van der Waals surface area contributed by atoms with Crippen LogP contribution in [0.25, 0.3) is 0 Å². The standard InChI is InChI=1S/C25H27Cl3GeO6/c1-30-16-7-10-22(33-4)19(13-16)25(29(26,27)28,20-14-17(31-2)8-11-23(20)34-5)21-15-18(32-3)9-12-24(21)35-6/h7-15H,1-6H3. The van der Waals surface area contributed by atoms with Gasteiger partial charge >= 0.3 is 222 Å². The van der Waals surface area contributed by atoms with Gasteiger partial charge in [0, 0.05) is 0 Å². The van der Waals surface area contributed by atoms with Crippen LogP contribution in [-0.4, -0.2) is 53.1 Å². The first-order valence-electron chi connectivity index (χ1n) is 10.5. The Kier molecular flexibility index (Phi) is 8.86. The minimum atomic E-state index is -4.56. The molecule has 3 aromatic carbocycles. The molecule has 35 heavy (non-hydrogen) atoms. The Balaban J connectivity index is 2.69. The van der Waals surface area contributed by atoms with Crippen molar-refractivity contribution >= 4 is 40.5 Å². The third kappa shape index (κ3) is 4.94. The molecule has 0 aliphatic heterocycles. The van der Waals surface area contributed by atoms with Crippen LogP contribution in [0.2, 0.25) is 0 Å².